The van der Waals surface area contributed by atoms with Crippen LogP contribution in [0.3, 0.4) is 0 Å². The van der Waals surface area contributed by atoms with Gasteiger partial charge < -0.3 is 40.8 Å². The Bertz CT molecular complexity index is 1320. The third-order valence-electron chi connectivity index (χ3n) is 5.96. The molecular weight excluding hydrogens is 552 g/mol. The van der Waals surface area contributed by atoms with Crippen LogP contribution in [0.1, 0.15) is 38.8 Å². The Morgan fingerprint density at radius 3 is 1.48 bits per heavy atom. The SMILES string of the molecule is CC(C)SCC(CO)NCc1c[nH]c2c(=O)[nH]cnc12.CC(C)SC[C@@H](CO)NCc1c[nH]c2c(=O)[nH]cnc12. The van der Waals surface area contributed by atoms with E-state index in [0.29, 0.717) is 45.7 Å². The van der Waals surface area contributed by atoms with Gasteiger partial charge in [-0.2, -0.15) is 23.5 Å². The second-order valence-corrected chi connectivity index (χ2v) is 13.0. The molecule has 0 aliphatic heterocycles. The van der Waals surface area contributed by atoms with Crippen LogP contribution in [0, 0.1) is 0 Å². The number of hydrogen-bond donors (Lipinski definition) is 8. The van der Waals surface area contributed by atoms with Crippen molar-refractivity contribution in [2.45, 2.75) is 63.4 Å². The lowest BCUT2D eigenvalue weighted by Crippen LogP contribution is -2.34. The van der Waals surface area contributed by atoms with Crippen molar-refractivity contribution in [2.75, 3.05) is 24.7 Å². The molecule has 0 fully saturated rings. The molecule has 4 heterocycles. The molecule has 40 heavy (non-hydrogen) atoms. The number of nitrogens with one attached hydrogen (secondary N) is 6. The molecule has 0 saturated carbocycles. The fraction of sp³-hybridized carbons (Fsp3) is 0.538. The van der Waals surface area contributed by atoms with E-state index in [1.165, 1.54) is 12.7 Å². The number of fused-ring (bicyclic) bond motifs is 2. The first-order valence-electron chi connectivity index (χ1n) is 13.2. The topological polar surface area (TPSA) is 188 Å². The van der Waals surface area contributed by atoms with Crippen molar-refractivity contribution < 1.29 is 10.2 Å². The monoisotopic (exact) mass is 592 g/mol. The van der Waals surface area contributed by atoms with E-state index in [0.717, 1.165) is 22.6 Å². The van der Waals surface area contributed by atoms with Crippen LogP contribution >= 0.6 is 23.5 Å². The Morgan fingerprint density at radius 2 is 1.12 bits per heavy atom. The number of nitrogens with zero attached hydrogens (tertiary/aromatic N) is 2. The third-order valence-corrected chi connectivity index (χ3v) is 8.48. The van der Waals surface area contributed by atoms with Crippen molar-refractivity contribution in [1.29, 1.82) is 0 Å². The van der Waals surface area contributed by atoms with E-state index in [9.17, 15) is 19.8 Å². The first-order valence-corrected chi connectivity index (χ1v) is 15.3. The van der Waals surface area contributed by atoms with E-state index >= 15 is 0 Å². The zero-order valence-corrected chi connectivity index (χ0v) is 24.9. The van der Waals surface area contributed by atoms with Crippen LogP contribution < -0.4 is 21.8 Å². The Labute approximate surface area is 241 Å². The molecule has 4 rings (SSSR count). The normalized spacial score (nSPS) is 13.2. The van der Waals surface area contributed by atoms with Gasteiger partial charge >= 0.3 is 0 Å². The van der Waals surface area contributed by atoms with Crippen molar-refractivity contribution in [2.24, 2.45) is 0 Å². The number of aliphatic hydroxyl groups is 2. The molecule has 8 N–H and O–H groups in total. The fourth-order valence-electron chi connectivity index (χ4n) is 3.76. The maximum atomic E-state index is 11.6. The summed E-state index contributed by atoms with van der Waals surface area (Å²) in [4.78, 5) is 42.5. The highest BCUT2D eigenvalue weighted by atomic mass is 32.2. The second kappa shape index (κ2) is 16.0. The number of thioether (sulfide) groups is 2. The zero-order valence-electron chi connectivity index (χ0n) is 23.3. The van der Waals surface area contributed by atoms with Gasteiger partial charge in [-0.05, 0) is 10.5 Å². The van der Waals surface area contributed by atoms with Crippen LogP contribution in [0.15, 0.2) is 34.6 Å². The van der Waals surface area contributed by atoms with Crippen molar-refractivity contribution in [3.05, 3.63) is 56.9 Å². The van der Waals surface area contributed by atoms with Gasteiger partial charge in [0.15, 0.2) is 0 Å². The van der Waals surface area contributed by atoms with Gasteiger partial charge in [0.2, 0.25) is 0 Å². The van der Waals surface area contributed by atoms with E-state index in [-0.39, 0.29) is 36.4 Å². The summed E-state index contributed by atoms with van der Waals surface area (Å²) in [5, 5.41) is 26.4. The maximum Gasteiger partial charge on any atom is 0.275 e. The molecule has 4 aromatic rings. The number of rotatable bonds is 14. The summed E-state index contributed by atoms with van der Waals surface area (Å²) in [6, 6.07) is 0.0729. The molecule has 1 unspecified atom stereocenters. The summed E-state index contributed by atoms with van der Waals surface area (Å²) in [6.07, 6.45) is 6.37. The predicted molar refractivity (Wildman–Crippen MR) is 164 cm³/mol. The Morgan fingerprint density at radius 1 is 0.725 bits per heavy atom. The van der Waals surface area contributed by atoms with Gasteiger partial charge in [-0.15, -0.1) is 0 Å². The van der Waals surface area contributed by atoms with Crippen LogP contribution in [0.5, 0.6) is 0 Å². The average molecular weight is 593 g/mol. The highest BCUT2D eigenvalue weighted by Crippen LogP contribution is 2.15. The van der Waals surface area contributed by atoms with E-state index in [1.54, 1.807) is 35.9 Å². The predicted octanol–water partition coefficient (Wildman–Crippen LogP) is 1.69. The summed E-state index contributed by atoms with van der Waals surface area (Å²) < 4.78 is 0. The summed E-state index contributed by atoms with van der Waals surface area (Å²) in [5.41, 5.74) is 3.84. The molecule has 0 aliphatic carbocycles. The van der Waals surface area contributed by atoms with Crippen molar-refractivity contribution in [3.8, 4) is 0 Å². The minimum atomic E-state index is -0.171. The van der Waals surface area contributed by atoms with Crippen LogP contribution in [0.4, 0.5) is 0 Å². The van der Waals surface area contributed by atoms with Gasteiger partial charge in [-0.1, -0.05) is 27.7 Å². The molecule has 220 valence electrons. The lowest BCUT2D eigenvalue weighted by molar-refractivity contribution is 0.253. The molecule has 0 aliphatic rings. The summed E-state index contributed by atoms with van der Waals surface area (Å²) in [5.74, 6) is 1.70. The molecule has 12 nitrogen and oxygen atoms in total. The zero-order chi connectivity index (χ0) is 29.1. The fourth-order valence-corrected chi connectivity index (χ4v) is 5.44. The van der Waals surface area contributed by atoms with Gasteiger partial charge in [-0.3, -0.25) is 9.59 Å². The number of aromatic nitrogens is 6. The van der Waals surface area contributed by atoms with Gasteiger partial charge in [0, 0.05) is 60.2 Å². The molecule has 0 radical (unpaired) electrons. The summed E-state index contributed by atoms with van der Waals surface area (Å²) >= 11 is 3.61. The smallest absolute Gasteiger partial charge is 0.275 e. The molecule has 0 spiro atoms. The molecule has 0 aromatic carbocycles. The van der Waals surface area contributed by atoms with Crippen molar-refractivity contribution in [1.82, 2.24) is 40.5 Å². The van der Waals surface area contributed by atoms with Gasteiger partial charge in [0.05, 0.1) is 36.9 Å². The Balaban J connectivity index is 0.000000220. The van der Waals surface area contributed by atoms with Crippen LogP contribution in [0.25, 0.3) is 22.1 Å². The first kappa shape index (κ1) is 31.9. The van der Waals surface area contributed by atoms with E-state index in [4.69, 9.17) is 0 Å². The van der Waals surface area contributed by atoms with Crippen LogP contribution in [-0.2, 0) is 13.1 Å². The highest BCUT2D eigenvalue weighted by molar-refractivity contribution is 8.00. The quantitative estimate of drug-likeness (QED) is 0.107. The lowest BCUT2D eigenvalue weighted by Gasteiger charge is -2.16. The van der Waals surface area contributed by atoms with Gasteiger partial charge in [0.25, 0.3) is 11.1 Å². The maximum absolute atomic E-state index is 11.6. The standard InChI is InChI=1S/2C13H20N4O2S/c2*1-8(2)20-6-10(5-18)14-3-9-4-15-12-11(9)16-7-17-13(12)19/h2*4,7-8,10,14-15,18H,3,5-6H2,1-2H3,(H,16,17,19)/t10-;/m1./s1. The second-order valence-electron chi connectivity index (χ2n) is 9.82. The first-order chi connectivity index (χ1) is 19.2. The third kappa shape index (κ3) is 9.21. The lowest BCUT2D eigenvalue weighted by atomic mass is 10.2. The van der Waals surface area contributed by atoms with Crippen LogP contribution in [-0.4, -0.2) is 87.4 Å². The molecule has 0 amide bonds. The van der Waals surface area contributed by atoms with E-state index in [1.807, 2.05) is 0 Å². The summed E-state index contributed by atoms with van der Waals surface area (Å²) in [7, 11) is 0. The van der Waals surface area contributed by atoms with Crippen molar-refractivity contribution in [3.63, 3.8) is 0 Å². The molecular formula is C26H40N8O4S2. The highest BCUT2D eigenvalue weighted by Gasteiger charge is 2.13. The van der Waals surface area contributed by atoms with Gasteiger partial charge in [-0.25, -0.2) is 9.97 Å². The Kier molecular flexibility index (Phi) is 12.7. The molecule has 0 saturated heterocycles. The van der Waals surface area contributed by atoms with Crippen LogP contribution in [0.2, 0.25) is 0 Å². The molecule has 2 atom stereocenters. The van der Waals surface area contributed by atoms with E-state index in [2.05, 4.69) is 68.2 Å². The molecule has 0 bridgehead atoms. The minimum absolute atomic E-state index is 0.0364. The van der Waals surface area contributed by atoms with Crippen molar-refractivity contribution >= 4 is 45.6 Å². The number of aromatic amines is 4. The largest absolute Gasteiger partial charge is 0.395 e. The Hall–Kier alpha value is -2.62. The summed E-state index contributed by atoms with van der Waals surface area (Å²) in [6.45, 7) is 9.86. The average Bonchev–Trinajstić information content (AvgIpc) is 3.55. The minimum Gasteiger partial charge on any atom is -0.395 e. The number of aliphatic hydroxyl groups excluding tert-OH is 2. The molecule has 14 heteroatoms. The van der Waals surface area contributed by atoms with E-state index < -0.39 is 0 Å². The number of H-pyrrole nitrogens is 4. The van der Waals surface area contributed by atoms with Gasteiger partial charge in [0.1, 0.15) is 11.0 Å². The number of hydrogen-bond acceptors (Lipinski definition) is 10. The molecule has 4 aromatic heterocycles.